The van der Waals surface area contributed by atoms with Crippen molar-refractivity contribution in [2.24, 2.45) is 0 Å². The second-order valence-electron chi connectivity index (χ2n) is 21.8. The number of hydrogen-bond acceptors (Lipinski definition) is 13. The van der Waals surface area contributed by atoms with Crippen LogP contribution < -0.4 is 5.32 Å². The monoisotopic (exact) mass is 1100 g/mol. The van der Waals surface area contributed by atoms with E-state index in [1.165, 1.54) is 141 Å². The summed E-state index contributed by atoms with van der Waals surface area (Å²) in [6.45, 7) is 2.45. The molecule has 78 heavy (non-hydrogen) atoms. The van der Waals surface area contributed by atoms with Crippen molar-refractivity contribution in [1.82, 2.24) is 5.32 Å². The Kier molecular flexibility index (Phi) is 45.0. The lowest BCUT2D eigenvalue weighted by atomic mass is 9.97. The summed E-state index contributed by atoms with van der Waals surface area (Å²) in [6.07, 6.45) is 49.8. The van der Waals surface area contributed by atoms with Gasteiger partial charge >= 0.3 is 0 Å². The summed E-state index contributed by atoms with van der Waals surface area (Å²) in [7, 11) is 0. The molecule has 14 nitrogen and oxygen atoms in total. The van der Waals surface area contributed by atoms with Crippen LogP contribution in [0.5, 0.6) is 0 Å². The van der Waals surface area contributed by atoms with Gasteiger partial charge in [0.15, 0.2) is 12.6 Å². The van der Waals surface area contributed by atoms with Crippen molar-refractivity contribution in [2.45, 2.75) is 306 Å². The Bertz CT molecular complexity index is 1580. The molecule has 0 bridgehead atoms. The normalized spacial score (nSPS) is 25.1. The first kappa shape index (κ1) is 71.5. The first-order valence-electron chi connectivity index (χ1n) is 31.2. The van der Waals surface area contributed by atoms with Gasteiger partial charge in [0.25, 0.3) is 0 Å². The fourth-order valence-electron chi connectivity index (χ4n) is 9.91. The van der Waals surface area contributed by atoms with Crippen molar-refractivity contribution in [3.8, 4) is 0 Å². The molecule has 2 heterocycles. The Morgan fingerprint density at radius 2 is 0.885 bits per heavy atom. The van der Waals surface area contributed by atoms with E-state index in [0.29, 0.717) is 6.42 Å². The van der Waals surface area contributed by atoms with E-state index >= 15 is 0 Å². The van der Waals surface area contributed by atoms with Gasteiger partial charge in [0.1, 0.15) is 48.8 Å². The van der Waals surface area contributed by atoms with Crippen molar-refractivity contribution in [3.63, 3.8) is 0 Å². The first-order valence-corrected chi connectivity index (χ1v) is 31.2. The number of unbranched alkanes of at least 4 members (excludes halogenated alkanes) is 26. The maximum Gasteiger partial charge on any atom is 0.220 e. The summed E-state index contributed by atoms with van der Waals surface area (Å²) in [4.78, 5) is 13.0. The average molecular weight is 1100 g/mol. The smallest absolute Gasteiger partial charge is 0.220 e. The van der Waals surface area contributed by atoms with Gasteiger partial charge in [-0.25, -0.2) is 0 Å². The van der Waals surface area contributed by atoms with Crippen molar-refractivity contribution < 1.29 is 64.6 Å². The van der Waals surface area contributed by atoms with Gasteiger partial charge in [0.05, 0.1) is 32.0 Å². The van der Waals surface area contributed by atoms with Gasteiger partial charge in [-0.3, -0.25) is 4.79 Å². The van der Waals surface area contributed by atoms with Gasteiger partial charge in [-0.1, -0.05) is 241 Å². The van der Waals surface area contributed by atoms with Crippen LogP contribution in [0, 0.1) is 0 Å². The van der Waals surface area contributed by atoms with Crippen molar-refractivity contribution >= 4 is 5.91 Å². The summed E-state index contributed by atoms with van der Waals surface area (Å²) in [5.74, 6) is -0.250. The van der Waals surface area contributed by atoms with Crippen LogP contribution in [0.15, 0.2) is 72.9 Å². The van der Waals surface area contributed by atoms with Crippen molar-refractivity contribution in [2.75, 3.05) is 19.8 Å². The van der Waals surface area contributed by atoms with Crippen LogP contribution in [0.1, 0.15) is 232 Å². The van der Waals surface area contributed by atoms with Crippen LogP contribution in [0.2, 0.25) is 0 Å². The molecule has 2 aliphatic rings. The summed E-state index contributed by atoms with van der Waals surface area (Å²) >= 11 is 0. The molecule has 1 amide bonds. The molecule has 0 aliphatic carbocycles. The number of hydrogen-bond donors (Lipinski definition) is 9. The van der Waals surface area contributed by atoms with Crippen LogP contribution >= 0.6 is 0 Å². The number of allylic oxidation sites excluding steroid dienone is 11. The number of rotatable bonds is 49. The molecule has 2 fully saturated rings. The molecule has 0 spiro atoms. The first-order chi connectivity index (χ1) is 38.1. The summed E-state index contributed by atoms with van der Waals surface area (Å²) in [5.41, 5.74) is 0. The highest BCUT2D eigenvalue weighted by molar-refractivity contribution is 5.76. The molecule has 2 aliphatic heterocycles. The Hall–Kier alpha value is -2.57. The Balaban J connectivity index is 1.42. The fraction of sp³-hybridized carbons (Fsp3) is 0.797. The molecule has 2 rings (SSSR count). The molecule has 0 saturated carbocycles. The highest BCUT2D eigenvalue weighted by Crippen LogP contribution is 2.30. The molecule has 452 valence electrons. The summed E-state index contributed by atoms with van der Waals surface area (Å²) < 4.78 is 22.5. The highest BCUT2D eigenvalue weighted by Gasteiger charge is 2.51. The van der Waals surface area contributed by atoms with Gasteiger partial charge in [-0.05, 0) is 57.8 Å². The number of aliphatic hydroxyl groups is 8. The third kappa shape index (κ3) is 34.0. The molecule has 9 N–H and O–H groups in total. The quantitative estimate of drug-likeness (QED) is 0.0204. The zero-order chi connectivity index (χ0) is 56.7. The molecular weight excluding hydrogens is 991 g/mol. The second kappa shape index (κ2) is 49.1. The van der Waals surface area contributed by atoms with Gasteiger partial charge < -0.3 is 65.1 Å². The van der Waals surface area contributed by atoms with E-state index in [1.54, 1.807) is 6.08 Å². The van der Waals surface area contributed by atoms with E-state index in [1.807, 2.05) is 13.0 Å². The molecule has 0 aromatic heterocycles. The predicted octanol–water partition coefficient (Wildman–Crippen LogP) is 11.1. The number of carbonyl (C=O) groups is 1. The van der Waals surface area contributed by atoms with Gasteiger partial charge in [0, 0.05) is 6.42 Å². The number of aliphatic hydroxyl groups excluding tert-OH is 8. The highest BCUT2D eigenvalue weighted by atomic mass is 16.7. The Morgan fingerprint density at radius 3 is 1.33 bits per heavy atom. The SMILES string of the molecule is CC/C=C\C/C=C\C/C=C\C/C=C\C/C=C\CCCCCCCCCCCCCCCCCCCCCCCCCCCC(=O)NC(COC1OC(CO)C(OC2OC(CO)C(O)C(O)C2O)C(O)C1O)C(O)/C=C/CCC. The average Bonchev–Trinajstić information content (AvgIpc) is 3.44. The second-order valence-corrected chi connectivity index (χ2v) is 21.8. The van der Waals surface area contributed by atoms with Crippen LogP contribution in [0.4, 0.5) is 0 Å². The molecule has 0 aromatic rings. The molecule has 14 heteroatoms. The van der Waals surface area contributed by atoms with E-state index in [-0.39, 0.29) is 18.9 Å². The van der Waals surface area contributed by atoms with Gasteiger partial charge in [0.2, 0.25) is 5.91 Å². The minimum atomic E-state index is -1.79. The number of ether oxygens (including phenoxy) is 4. The van der Waals surface area contributed by atoms with E-state index in [9.17, 15) is 45.6 Å². The number of nitrogens with one attached hydrogen (secondary N) is 1. The van der Waals surface area contributed by atoms with E-state index in [2.05, 4.69) is 73.0 Å². The molecule has 12 atom stereocenters. The van der Waals surface area contributed by atoms with E-state index in [0.717, 1.165) is 64.2 Å². The van der Waals surface area contributed by atoms with Crippen LogP contribution in [-0.2, 0) is 23.7 Å². The zero-order valence-corrected chi connectivity index (χ0v) is 48.6. The minimum absolute atomic E-state index is 0.250. The number of amides is 1. The van der Waals surface area contributed by atoms with Crippen LogP contribution in [0.3, 0.4) is 0 Å². The maximum atomic E-state index is 13.0. The van der Waals surface area contributed by atoms with E-state index in [4.69, 9.17) is 18.9 Å². The van der Waals surface area contributed by atoms with Gasteiger partial charge in [-0.2, -0.15) is 0 Å². The van der Waals surface area contributed by atoms with Gasteiger partial charge in [-0.15, -0.1) is 0 Å². The lowest BCUT2D eigenvalue weighted by Gasteiger charge is -2.46. The molecule has 0 aromatic carbocycles. The van der Waals surface area contributed by atoms with E-state index < -0.39 is 86.8 Å². The molecule has 2 saturated heterocycles. The van der Waals surface area contributed by atoms with Crippen molar-refractivity contribution in [1.29, 1.82) is 0 Å². The maximum absolute atomic E-state index is 13.0. The fourth-order valence-corrected chi connectivity index (χ4v) is 9.91. The summed E-state index contributed by atoms with van der Waals surface area (Å²) in [5, 5.41) is 86.0. The van der Waals surface area contributed by atoms with Crippen molar-refractivity contribution in [3.05, 3.63) is 72.9 Å². The number of carbonyl (C=O) groups excluding carboxylic acids is 1. The lowest BCUT2D eigenvalue weighted by molar-refractivity contribution is -0.359. The molecule has 12 unspecified atom stereocenters. The largest absolute Gasteiger partial charge is 0.394 e. The third-order valence-electron chi connectivity index (χ3n) is 14.9. The molecule has 0 radical (unpaired) electrons. The van der Waals surface area contributed by atoms with Crippen LogP contribution in [0.25, 0.3) is 0 Å². The predicted molar refractivity (Wildman–Crippen MR) is 313 cm³/mol. The third-order valence-corrected chi connectivity index (χ3v) is 14.9. The Morgan fingerprint density at radius 1 is 0.474 bits per heavy atom. The molecular formula is C64H113NO13. The Labute approximate surface area is 472 Å². The minimum Gasteiger partial charge on any atom is -0.394 e. The summed E-state index contributed by atoms with van der Waals surface area (Å²) in [6, 6.07) is -0.909. The lowest BCUT2D eigenvalue weighted by Crippen LogP contribution is -2.65. The standard InChI is InChI=1S/C64H113NO13/c1-3-5-7-8-9-10-11-12-13-14-15-16-17-18-19-20-21-22-23-24-25-26-27-28-29-30-31-32-33-34-35-36-37-38-39-40-41-42-43-44-46-48-56(69)65-52(53(68)47-45-6-4-2)51-75-63-61(74)59(72)62(55(50-67)77-63)78-64-60(73)58(71)57(70)54(49-66)76-64/h5,7,9-10,12-13,15-16,18-19,45,47,52-55,57-64,66-68,70-74H,3-4,6,8,11,14,17,20-44,46,48-51H2,1-2H3,(H,65,69)/b7-5-,10-9-,13-12-,16-15-,19-18-,47-45+. The topological polar surface area (TPSA) is 228 Å². The zero-order valence-electron chi connectivity index (χ0n) is 48.6. The van der Waals surface area contributed by atoms with Crippen LogP contribution in [-0.4, -0.2) is 140 Å².